The summed E-state index contributed by atoms with van der Waals surface area (Å²) in [6, 6.07) is 0. The van der Waals surface area contributed by atoms with Gasteiger partial charge in [0.1, 0.15) is 0 Å². The Morgan fingerprint density at radius 3 is 2.15 bits per heavy atom. The molecule has 0 bridgehead atoms. The molecule has 0 aromatic carbocycles. The van der Waals surface area contributed by atoms with Crippen molar-refractivity contribution >= 4 is 5.97 Å². The van der Waals surface area contributed by atoms with Gasteiger partial charge in [-0.15, -0.1) is 0 Å². The predicted molar refractivity (Wildman–Crippen MR) is 68.0 cm³/mol. The summed E-state index contributed by atoms with van der Waals surface area (Å²) in [5.74, 6) is -2.63. The molecule has 1 N–H and O–H groups in total. The molecule has 2 spiro atoms. The van der Waals surface area contributed by atoms with Crippen LogP contribution in [0.4, 0.5) is 0 Å². The molecule has 3 aliphatic rings. The highest BCUT2D eigenvalue weighted by Gasteiger charge is 2.63. The lowest BCUT2D eigenvalue weighted by atomic mass is 9.62. The first-order valence-electron chi connectivity index (χ1n) is 7.15. The summed E-state index contributed by atoms with van der Waals surface area (Å²) in [5, 5.41) is 9.22. The van der Waals surface area contributed by atoms with Gasteiger partial charge in [0.25, 0.3) is 0 Å². The molecule has 0 aromatic rings. The molecule has 2 heterocycles. The first-order chi connectivity index (χ1) is 9.38. The number of ether oxygens (including phenoxy) is 4. The van der Waals surface area contributed by atoms with E-state index in [0.717, 1.165) is 0 Å². The molecule has 2 aliphatic heterocycles. The molecule has 114 valence electrons. The van der Waals surface area contributed by atoms with Crippen LogP contribution >= 0.6 is 0 Å². The van der Waals surface area contributed by atoms with E-state index in [0.29, 0.717) is 39.3 Å². The lowest BCUT2D eigenvalue weighted by molar-refractivity contribution is -0.323. The fourth-order valence-corrected chi connectivity index (χ4v) is 4.06. The van der Waals surface area contributed by atoms with E-state index in [1.54, 1.807) is 0 Å². The molecular formula is C14H22O6. The zero-order valence-corrected chi connectivity index (χ0v) is 12.0. The van der Waals surface area contributed by atoms with E-state index < -0.39 is 17.5 Å². The Morgan fingerprint density at radius 1 is 1.05 bits per heavy atom. The number of carbonyl (C=O) groups is 1. The maximum Gasteiger partial charge on any atom is 0.303 e. The van der Waals surface area contributed by atoms with E-state index in [4.69, 9.17) is 18.9 Å². The molecule has 20 heavy (non-hydrogen) atoms. The number of hydrogen-bond donors (Lipinski definition) is 1. The van der Waals surface area contributed by atoms with Crippen LogP contribution in [0.1, 0.15) is 33.1 Å². The standard InChI is InChI=1S/C14H22O6/c1-12(2)8-13(17-3-4-18-13)9-14(19-5-6-20-14)10(12)7-11(15)16/h10H,3-9H2,1-2H3,(H,15,16). The maximum absolute atomic E-state index is 11.2. The summed E-state index contributed by atoms with van der Waals surface area (Å²) in [6.07, 6.45) is 1.14. The van der Waals surface area contributed by atoms with Gasteiger partial charge in [0.15, 0.2) is 11.6 Å². The molecule has 0 radical (unpaired) electrons. The van der Waals surface area contributed by atoms with Gasteiger partial charge in [-0.3, -0.25) is 4.79 Å². The second kappa shape index (κ2) is 4.66. The van der Waals surface area contributed by atoms with Crippen LogP contribution in [0.2, 0.25) is 0 Å². The van der Waals surface area contributed by atoms with E-state index in [1.165, 1.54) is 0 Å². The van der Waals surface area contributed by atoms with E-state index in [9.17, 15) is 9.90 Å². The minimum Gasteiger partial charge on any atom is -0.481 e. The van der Waals surface area contributed by atoms with Crippen LogP contribution in [0, 0.1) is 11.3 Å². The molecule has 6 nitrogen and oxygen atoms in total. The molecule has 0 amide bonds. The van der Waals surface area contributed by atoms with Crippen molar-refractivity contribution in [2.75, 3.05) is 26.4 Å². The van der Waals surface area contributed by atoms with Gasteiger partial charge < -0.3 is 24.1 Å². The lowest BCUT2D eigenvalue weighted by Gasteiger charge is -2.53. The van der Waals surface area contributed by atoms with Gasteiger partial charge in [-0.25, -0.2) is 0 Å². The van der Waals surface area contributed by atoms with Crippen molar-refractivity contribution in [1.29, 1.82) is 0 Å². The zero-order chi connectivity index (χ0) is 14.4. The predicted octanol–water partition coefficient (Wildman–Crippen LogP) is 1.38. The highest BCUT2D eigenvalue weighted by molar-refractivity contribution is 5.67. The highest BCUT2D eigenvalue weighted by Crippen LogP contribution is 2.56. The fraction of sp³-hybridized carbons (Fsp3) is 0.929. The van der Waals surface area contributed by atoms with Crippen LogP contribution in [-0.2, 0) is 23.7 Å². The van der Waals surface area contributed by atoms with E-state index in [-0.39, 0.29) is 17.8 Å². The van der Waals surface area contributed by atoms with Crippen LogP contribution < -0.4 is 0 Å². The summed E-state index contributed by atoms with van der Waals surface area (Å²) in [4.78, 5) is 11.2. The lowest BCUT2D eigenvalue weighted by Crippen LogP contribution is -2.59. The van der Waals surface area contributed by atoms with Crippen LogP contribution in [0.15, 0.2) is 0 Å². The van der Waals surface area contributed by atoms with E-state index >= 15 is 0 Å². The van der Waals surface area contributed by atoms with Gasteiger partial charge in [-0.2, -0.15) is 0 Å². The van der Waals surface area contributed by atoms with E-state index in [1.807, 2.05) is 13.8 Å². The van der Waals surface area contributed by atoms with Crippen molar-refractivity contribution in [3.8, 4) is 0 Å². The average Bonchev–Trinajstić information content (AvgIpc) is 2.95. The summed E-state index contributed by atoms with van der Waals surface area (Å²) < 4.78 is 23.4. The Bertz CT molecular complexity index is 392. The van der Waals surface area contributed by atoms with Crippen molar-refractivity contribution in [3.05, 3.63) is 0 Å². The van der Waals surface area contributed by atoms with Crippen LogP contribution in [0.5, 0.6) is 0 Å². The fourth-order valence-electron chi connectivity index (χ4n) is 4.06. The summed E-state index contributed by atoms with van der Waals surface area (Å²) in [6.45, 7) is 6.19. The molecule has 1 aliphatic carbocycles. The summed E-state index contributed by atoms with van der Waals surface area (Å²) in [7, 11) is 0. The smallest absolute Gasteiger partial charge is 0.303 e. The Kier molecular flexibility index (Phi) is 3.32. The average molecular weight is 286 g/mol. The molecule has 2 saturated heterocycles. The molecule has 1 unspecified atom stereocenters. The highest BCUT2D eigenvalue weighted by atomic mass is 16.8. The van der Waals surface area contributed by atoms with Crippen molar-refractivity contribution in [3.63, 3.8) is 0 Å². The summed E-state index contributed by atoms with van der Waals surface area (Å²) in [5.41, 5.74) is -0.300. The zero-order valence-electron chi connectivity index (χ0n) is 12.0. The molecule has 6 heteroatoms. The molecular weight excluding hydrogens is 264 g/mol. The number of aliphatic carboxylic acids is 1. The van der Waals surface area contributed by atoms with Crippen LogP contribution in [-0.4, -0.2) is 49.1 Å². The molecule has 1 saturated carbocycles. The molecule has 3 fully saturated rings. The van der Waals surface area contributed by atoms with E-state index in [2.05, 4.69) is 0 Å². The third kappa shape index (κ3) is 2.24. The normalized spacial score (nSPS) is 33.8. The van der Waals surface area contributed by atoms with Crippen molar-refractivity contribution in [2.45, 2.75) is 44.7 Å². The second-order valence-corrected chi connectivity index (χ2v) is 6.61. The monoisotopic (exact) mass is 286 g/mol. The largest absolute Gasteiger partial charge is 0.481 e. The Morgan fingerprint density at radius 2 is 1.60 bits per heavy atom. The topological polar surface area (TPSA) is 74.2 Å². The second-order valence-electron chi connectivity index (χ2n) is 6.61. The number of rotatable bonds is 2. The third-order valence-electron chi connectivity index (χ3n) is 4.68. The minimum atomic E-state index is -0.898. The van der Waals surface area contributed by atoms with Crippen molar-refractivity contribution < 1.29 is 28.8 Å². The van der Waals surface area contributed by atoms with Gasteiger partial charge in [-0.1, -0.05) is 13.8 Å². The first-order valence-corrected chi connectivity index (χ1v) is 7.15. The van der Waals surface area contributed by atoms with Gasteiger partial charge in [0.05, 0.1) is 39.3 Å². The van der Waals surface area contributed by atoms with Crippen molar-refractivity contribution in [2.24, 2.45) is 11.3 Å². The Labute approximate surface area is 118 Å². The maximum atomic E-state index is 11.2. The number of carboxylic acids is 1. The molecule has 1 atom stereocenters. The number of hydrogen-bond acceptors (Lipinski definition) is 5. The first kappa shape index (κ1) is 14.3. The number of carboxylic acid groups (broad SMARTS) is 1. The Balaban J connectivity index is 1.94. The Hall–Kier alpha value is -0.690. The van der Waals surface area contributed by atoms with Crippen molar-refractivity contribution in [1.82, 2.24) is 0 Å². The van der Waals surface area contributed by atoms with Gasteiger partial charge in [0, 0.05) is 12.3 Å². The summed E-state index contributed by atoms with van der Waals surface area (Å²) >= 11 is 0. The molecule has 3 rings (SSSR count). The van der Waals surface area contributed by atoms with Gasteiger partial charge in [0.2, 0.25) is 0 Å². The van der Waals surface area contributed by atoms with Crippen LogP contribution in [0.25, 0.3) is 0 Å². The third-order valence-corrected chi connectivity index (χ3v) is 4.68. The SMILES string of the molecule is CC1(C)CC2(CC3(OCCO3)C1CC(=O)O)OCCO2. The van der Waals surface area contributed by atoms with Crippen LogP contribution in [0.3, 0.4) is 0 Å². The molecule has 0 aromatic heterocycles. The minimum absolute atomic E-state index is 0.0308. The van der Waals surface area contributed by atoms with Gasteiger partial charge in [-0.05, 0) is 5.41 Å². The van der Waals surface area contributed by atoms with Gasteiger partial charge >= 0.3 is 5.97 Å². The quantitative estimate of drug-likeness (QED) is 0.826.